The molecule has 1 aromatic heterocycles. The van der Waals surface area contributed by atoms with E-state index in [4.69, 9.17) is 4.74 Å². The van der Waals surface area contributed by atoms with Crippen LogP contribution in [0.15, 0.2) is 65.0 Å². The smallest absolute Gasteiger partial charge is 0.280 e. The third kappa shape index (κ3) is 6.09. The van der Waals surface area contributed by atoms with Gasteiger partial charge in [-0.05, 0) is 19.1 Å². The Morgan fingerprint density at radius 3 is 2.78 bits per heavy atom. The van der Waals surface area contributed by atoms with Crippen molar-refractivity contribution in [1.29, 1.82) is 0 Å². The molecule has 3 rings (SSSR count). The summed E-state index contributed by atoms with van der Waals surface area (Å²) in [5, 5.41) is 21.0. The quantitative estimate of drug-likeness (QED) is 0.392. The Hall–Kier alpha value is -2.89. The molecule has 0 aromatic carbocycles. The molecule has 10 nitrogen and oxygen atoms in total. The molecule has 1 aromatic rings. The molecule has 0 aliphatic heterocycles. The maximum Gasteiger partial charge on any atom is 0.280 e. The first-order valence-electron chi connectivity index (χ1n) is 10.3. The fraction of sp³-hybridized carbons (Fsp3) is 0.429. The lowest BCUT2D eigenvalue weighted by Gasteiger charge is -2.26. The summed E-state index contributed by atoms with van der Waals surface area (Å²) in [7, 11) is -2.32. The van der Waals surface area contributed by atoms with Crippen LogP contribution < -0.4 is 10.0 Å². The number of hydrogen-bond donors (Lipinski definition) is 4. The number of amides is 1. The Balaban J connectivity index is 1.83. The van der Waals surface area contributed by atoms with Gasteiger partial charge in [0.15, 0.2) is 11.3 Å². The zero-order valence-corrected chi connectivity index (χ0v) is 18.7. The number of aromatic nitrogens is 2. The molecule has 2 aliphatic carbocycles. The molecular weight excluding hydrogens is 436 g/mol. The molecule has 2 unspecified atom stereocenters. The predicted molar refractivity (Wildman–Crippen MR) is 116 cm³/mol. The van der Waals surface area contributed by atoms with Gasteiger partial charge in [-0.25, -0.2) is 4.98 Å². The summed E-state index contributed by atoms with van der Waals surface area (Å²) in [5.74, 6) is -0.465. The van der Waals surface area contributed by atoms with Crippen LogP contribution in [0.1, 0.15) is 26.2 Å². The minimum atomic E-state index is -3.98. The van der Waals surface area contributed by atoms with E-state index in [0.717, 1.165) is 5.57 Å². The molecule has 2 atom stereocenters. The first-order valence-corrected chi connectivity index (χ1v) is 11.7. The third-order valence-electron chi connectivity index (χ3n) is 4.95. The molecular formula is C21H28N4O6S. The molecule has 4 N–H and O–H groups in total. The molecule has 11 heteroatoms. The molecule has 0 spiro atoms. The molecule has 174 valence electrons. The van der Waals surface area contributed by atoms with Crippen molar-refractivity contribution in [2.75, 3.05) is 6.54 Å². The SMILES string of the molecule is CCNC(=O)C1C=CC(OC2C=CC=C(CC(O)O)C2)=C(NS(=O)(=O)c2cn(C)cn2)C1. The standard InChI is InChI=1S/C21H28N4O6S/c1-3-22-21(28)15-7-8-18(31-16-6-4-5-14(9-16)10-20(26)27)17(11-15)24-32(29,30)19-12-25(2)13-23-19/h4-8,12-13,15-16,20,24,26-27H,3,9-11H2,1-2H3,(H,22,28). The average molecular weight is 465 g/mol. The van der Waals surface area contributed by atoms with Crippen molar-refractivity contribution in [3.8, 4) is 0 Å². The van der Waals surface area contributed by atoms with Crippen molar-refractivity contribution in [1.82, 2.24) is 19.6 Å². The van der Waals surface area contributed by atoms with Crippen LogP contribution >= 0.6 is 0 Å². The first kappa shape index (κ1) is 23.8. The number of imidazole rings is 1. The van der Waals surface area contributed by atoms with Crippen molar-refractivity contribution in [3.63, 3.8) is 0 Å². The van der Waals surface area contributed by atoms with Gasteiger partial charge in [0.25, 0.3) is 10.0 Å². The van der Waals surface area contributed by atoms with E-state index in [1.54, 1.807) is 37.4 Å². The number of allylic oxidation sites excluding steroid dienone is 4. The maximum absolute atomic E-state index is 12.8. The minimum absolute atomic E-state index is 0.0948. The summed E-state index contributed by atoms with van der Waals surface area (Å²) in [4.78, 5) is 16.2. The lowest BCUT2D eigenvalue weighted by molar-refractivity contribution is -0.123. The van der Waals surface area contributed by atoms with Crippen LogP contribution in [-0.4, -0.2) is 53.0 Å². The lowest BCUT2D eigenvalue weighted by atomic mass is 9.96. The number of rotatable bonds is 9. The second-order valence-electron chi connectivity index (χ2n) is 7.64. The number of aryl methyl sites for hydroxylation is 1. The van der Waals surface area contributed by atoms with Gasteiger partial charge in [0, 0.05) is 39.1 Å². The highest BCUT2D eigenvalue weighted by Crippen LogP contribution is 2.28. The van der Waals surface area contributed by atoms with Crippen molar-refractivity contribution < 1.29 is 28.2 Å². The summed E-state index contributed by atoms with van der Waals surface area (Å²) < 4.78 is 35.8. The Morgan fingerprint density at radius 1 is 1.34 bits per heavy atom. The highest BCUT2D eigenvalue weighted by Gasteiger charge is 2.28. The van der Waals surface area contributed by atoms with Gasteiger partial charge >= 0.3 is 0 Å². The fourth-order valence-electron chi connectivity index (χ4n) is 3.46. The molecule has 0 fully saturated rings. The van der Waals surface area contributed by atoms with Gasteiger partial charge < -0.3 is 24.8 Å². The van der Waals surface area contributed by atoms with E-state index >= 15 is 0 Å². The number of ether oxygens (including phenoxy) is 1. The molecule has 0 saturated carbocycles. The van der Waals surface area contributed by atoms with Crippen molar-refractivity contribution in [2.24, 2.45) is 13.0 Å². The van der Waals surface area contributed by atoms with Crippen LogP contribution in [0.3, 0.4) is 0 Å². The van der Waals surface area contributed by atoms with Crippen molar-refractivity contribution >= 4 is 15.9 Å². The van der Waals surface area contributed by atoms with E-state index in [1.165, 1.54) is 17.1 Å². The van der Waals surface area contributed by atoms with Gasteiger partial charge in [0.1, 0.15) is 11.9 Å². The van der Waals surface area contributed by atoms with E-state index in [0.29, 0.717) is 18.7 Å². The van der Waals surface area contributed by atoms with Crippen LogP contribution in [-0.2, 0) is 26.6 Å². The number of aliphatic hydroxyl groups excluding tert-OH is 1. The van der Waals surface area contributed by atoms with Gasteiger partial charge in [-0.1, -0.05) is 23.8 Å². The molecule has 2 aliphatic rings. The van der Waals surface area contributed by atoms with Crippen LogP contribution in [0, 0.1) is 5.92 Å². The Morgan fingerprint density at radius 2 is 2.12 bits per heavy atom. The van der Waals surface area contributed by atoms with Gasteiger partial charge in [0.05, 0.1) is 17.9 Å². The van der Waals surface area contributed by atoms with Gasteiger partial charge in [-0.2, -0.15) is 8.42 Å². The first-order chi connectivity index (χ1) is 15.2. The Bertz CT molecular complexity index is 1070. The number of nitrogens with zero attached hydrogens (tertiary/aromatic N) is 2. The zero-order chi connectivity index (χ0) is 23.3. The summed E-state index contributed by atoms with van der Waals surface area (Å²) in [6.07, 6.45) is 10.1. The minimum Gasteiger partial charge on any atom is -0.484 e. The summed E-state index contributed by atoms with van der Waals surface area (Å²) in [5.41, 5.74) is 1.05. The van der Waals surface area contributed by atoms with E-state index < -0.39 is 28.3 Å². The van der Waals surface area contributed by atoms with Crippen LogP contribution in [0.4, 0.5) is 0 Å². The molecule has 0 saturated heterocycles. The molecule has 1 amide bonds. The van der Waals surface area contributed by atoms with Gasteiger partial charge in [-0.3, -0.25) is 9.52 Å². The summed E-state index contributed by atoms with van der Waals surface area (Å²) in [6.45, 7) is 2.27. The van der Waals surface area contributed by atoms with Crippen molar-refractivity contribution in [3.05, 3.63) is 59.9 Å². The topological polar surface area (TPSA) is 143 Å². The van der Waals surface area contributed by atoms with Crippen LogP contribution in [0.2, 0.25) is 0 Å². The van der Waals surface area contributed by atoms with E-state index in [-0.39, 0.29) is 29.5 Å². The average Bonchev–Trinajstić information content (AvgIpc) is 3.16. The normalized spacial score (nSPS) is 21.0. The Kier molecular flexibility index (Phi) is 7.54. The number of hydrogen-bond acceptors (Lipinski definition) is 7. The largest absolute Gasteiger partial charge is 0.484 e. The second-order valence-corrected chi connectivity index (χ2v) is 9.27. The van der Waals surface area contributed by atoms with Gasteiger partial charge in [-0.15, -0.1) is 0 Å². The molecule has 32 heavy (non-hydrogen) atoms. The summed E-state index contributed by atoms with van der Waals surface area (Å²) >= 11 is 0. The number of aliphatic hydroxyl groups is 2. The third-order valence-corrected chi connectivity index (χ3v) is 6.22. The van der Waals surface area contributed by atoms with Gasteiger partial charge in [0.2, 0.25) is 5.91 Å². The zero-order valence-electron chi connectivity index (χ0n) is 17.9. The van der Waals surface area contributed by atoms with Crippen molar-refractivity contribution in [2.45, 2.75) is 43.6 Å². The maximum atomic E-state index is 12.8. The Labute approximate surface area is 187 Å². The van der Waals surface area contributed by atoms with E-state index in [1.807, 2.05) is 6.92 Å². The second kappa shape index (κ2) is 10.2. The highest BCUT2D eigenvalue weighted by atomic mass is 32.2. The lowest BCUT2D eigenvalue weighted by Crippen LogP contribution is -2.34. The number of nitrogens with one attached hydrogen (secondary N) is 2. The predicted octanol–water partition coefficient (Wildman–Crippen LogP) is 0.594. The van der Waals surface area contributed by atoms with Crippen LogP contribution in [0.5, 0.6) is 0 Å². The molecule has 0 bridgehead atoms. The number of carbonyl (C=O) groups excluding carboxylic acids is 1. The highest BCUT2D eigenvalue weighted by molar-refractivity contribution is 7.89. The van der Waals surface area contributed by atoms with E-state index in [9.17, 15) is 23.4 Å². The fourth-order valence-corrected chi connectivity index (χ4v) is 4.57. The van der Waals surface area contributed by atoms with E-state index in [2.05, 4.69) is 15.0 Å². The molecule has 1 heterocycles. The molecule has 0 radical (unpaired) electrons. The van der Waals surface area contributed by atoms with Crippen LogP contribution in [0.25, 0.3) is 0 Å². The number of carbonyl (C=O) groups is 1. The monoisotopic (exact) mass is 464 g/mol. The number of sulfonamides is 1. The summed E-state index contributed by atoms with van der Waals surface area (Å²) in [6, 6.07) is 0.